The summed E-state index contributed by atoms with van der Waals surface area (Å²) in [7, 11) is 0. The molecule has 3 rings (SSSR count). The van der Waals surface area contributed by atoms with E-state index in [0.717, 1.165) is 13.1 Å². The van der Waals surface area contributed by atoms with E-state index in [4.69, 9.17) is 0 Å². The number of hydrogen-bond acceptors (Lipinski definition) is 4. The zero-order valence-corrected chi connectivity index (χ0v) is 14.6. The maximum atomic E-state index is 14.3. The van der Waals surface area contributed by atoms with Gasteiger partial charge in [0.05, 0.1) is 16.9 Å². The molecule has 1 unspecified atom stereocenters. The van der Waals surface area contributed by atoms with Gasteiger partial charge in [0.15, 0.2) is 0 Å². The lowest BCUT2D eigenvalue weighted by Crippen LogP contribution is -2.33. The van der Waals surface area contributed by atoms with E-state index in [9.17, 15) is 4.39 Å². The molecule has 0 aliphatic heterocycles. The molecule has 1 atom stereocenters. The summed E-state index contributed by atoms with van der Waals surface area (Å²) in [6.45, 7) is 6.83. The van der Waals surface area contributed by atoms with Gasteiger partial charge >= 0.3 is 0 Å². The standard InChI is InChI=1S/C20H23FN4/c1-3-25(4-2)18(15-9-6-5-7-10-15)13-22-20-19-16(21)11-8-12-17(19)23-14-24-20/h5-12,14,18H,3-4,13H2,1-2H3,(H,22,23,24). The summed E-state index contributed by atoms with van der Waals surface area (Å²) in [6.07, 6.45) is 1.47. The van der Waals surface area contributed by atoms with Gasteiger partial charge in [0.1, 0.15) is 18.0 Å². The lowest BCUT2D eigenvalue weighted by atomic mass is 10.0. The second-order valence-electron chi connectivity index (χ2n) is 5.88. The fraction of sp³-hybridized carbons (Fsp3) is 0.300. The predicted molar refractivity (Wildman–Crippen MR) is 100 cm³/mol. The van der Waals surface area contributed by atoms with Crippen molar-refractivity contribution in [3.8, 4) is 0 Å². The number of aromatic nitrogens is 2. The summed E-state index contributed by atoms with van der Waals surface area (Å²) in [5.74, 6) is 0.232. The number of nitrogens with zero attached hydrogens (tertiary/aromatic N) is 3. The van der Waals surface area contributed by atoms with Crippen LogP contribution in [0.5, 0.6) is 0 Å². The molecule has 4 nitrogen and oxygen atoms in total. The molecule has 0 fully saturated rings. The van der Waals surface area contributed by atoms with E-state index in [1.165, 1.54) is 18.0 Å². The van der Waals surface area contributed by atoms with E-state index in [-0.39, 0.29) is 11.9 Å². The molecule has 0 saturated carbocycles. The Labute approximate surface area is 147 Å². The minimum absolute atomic E-state index is 0.188. The molecule has 0 saturated heterocycles. The minimum atomic E-state index is -0.306. The minimum Gasteiger partial charge on any atom is -0.367 e. The topological polar surface area (TPSA) is 41.0 Å². The van der Waals surface area contributed by atoms with Crippen LogP contribution in [0, 0.1) is 5.82 Å². The van der Waals surface area contributed by atoms with Crippen LogP contribution in [-0.4, -0.2) is 34.5 Å². The van der Waals surface area contributed by atoms with Crippen molar-refractivity contribution in [2.45, 2.75) is 19.9 Å². The smallest absolute Gasteiger partial charge is 0.140 e. The molecule has 0 aliphatic rings. The summed E-state index contributed by atoms with van der Waals surface area (Å²) in [5, 5.41) is 3.78. The summed E-state index contributed by atoms with van der Waals surface area (Å²) in [6, 6.07) is 15.5. The zero-order chi connectivity index (χ0) is 17.6. The van der Waals surface area contributed by atoms with Gasteiger partial charge in [0.25, 0.3) is 0 Å². The fourth-order valence-corrected chi connectivity index (χ4v) is 3.19. The van der Waals surface area contributed by atoms with Gasteiger partial charge in [-0.15, -0.1) is 0 Å². The molecule has 130 valence electrons. The zero-order valence-electron chi connectivity index (χ0n) is 14.6. The maximum Gasteiger partial charge on any atom is 0.140 e. The van der Waals surface area contributed by atoms with Gasteiger partial charge in [-0.2, -0.15) is 0 Å². The Morgan fingerprint density at radius 3 is 2.48 bits per heavy atom. The molecule has 0 spiro atoms. The third kappa shape index (κ3) is 3.77. The number of nitrogens with one attached hydrogen (secondary N) is 1. The van der Waals surface area contributed by atoms with Gasteiger partial charge in [-0.3, -0.25) is 4.90 Å². The highest BCUT2D eigenvalue weighted by atomic mass is 19.1. The van der Waals surface area contributed by atoms with Crippen molar-refractivity contribution in [3.63, 3.8) is 0 Å². The largest absolute Gasteiger partial charge is 0.367 e. The number of halogens is 1. The van der Waals surface area contributed by atoms with Crippen molar-refractivity contribution in [1.29, 1.82) is 0 Å². The van der Waals surface area contributed by atoms with Crippen LogP contribution < -0.4 is 5.32 Å². The Morgan fingerprint density at radius 2 is 1.76 bits per heavy atom. The summed E-state index contributed by atoms with van der Waals surface area (Å²) in [4.78, 5) is 10.8. The molecule has 0 amide bonds. The first kappa shape index (κ1) is 17.3. The van der Waals surface area contributed by atoms with Crippen LogP contribution in [0.2, 0.25) is 0 Å². The maximum absolute atomic E-state index is 14.3. The molecule has 1 N–H and O–H groups in total. The number of benzene rings is 2. The molecule has 1 heterocycles. The Balaban J connectivity index is 1.89. The molecule has 1 aromatic heterocycles. The highest BCUT2D eigenvalue weighted by Gasteiger charge is 2.18. The lowest BCUT2D eigenvalue weighted by molar-refractivity contribution is 0.228. The average Bonchev–Trinajstić information content (AvgIpc) is 2.66. The van der Waals surface area contributed by atoms with Crippen LogP contribution in [0.3, 0.4) is 0 Å². The fourth-order valence-electron chi connectivity index (χ4n) is 3.19. The van der Waals surface area contributed by atoms with E-state index >= 15 is 0 Å². The molecular formula is C20H23FN4. The molecule has 0 radical (unpaired) electrons. The van der Waals surface area contributed by atoms with Crippen molar-refractivity contribution in [3.05, 3.63) is 66.2 Å². The van der Waals surface area contributed by atoms with Crippen LogP contribution in [0.4, 0.5) is 10.2 Å². The molecule has 25 heavy (non-hydrogen) atoms. The molecule has 2 aromatic carbocycles. The predicted octanol–water partition coefficient (Wildman–Crippen LogP) is 4.26. The summed E-state index contributed by atoms with van der Waals surface area (Å²) < 4.78 is 14.3. The monoisotopic (exact) mass is 338 g/mol. The SMILES string of the molecule is CCN(CC)C(CNc1ncnc2cccc(F)c12)c1ccccc1. The molecule has 0 bridgehead atoms. The van der Waals surface area contributed by atoms with Gasteiger partial charge in [-0.1, -0.05) is 50.2 Å². The number of hydrogen-bond donors (Lipinski definition) is 1. The molecule has 3 aromatic rings. The number of fused-ring (bicyclic) bond motifs is 1. The third-order valence-electron chi connectivity index (χ3n) is 4.51. The second-order valence-corrected chi connectivity index (χ2v) is 5.88. The van der Waals surface area contributed by atoms with Crippen LogP contribution >= 0.6 is 0 Å². The van der Waals surface area contributed by atoms with Crippen LogP contribution in [0.15, 0.2) is 54.9 Å². The summed E-state index contributed by atoms with van der Waals surface area (Å²) in [5.41, 5.74) is 1.84. The Morgan fingerprint density at radius 1 is 1.00 bits per heavy atom. The van der Waals surface area contributed by atoms with Crippen molar-refractivity contribution in [2.75, 3.05) is 25.0 Å². The number of anilines is 1. The highest BCUT2D eigenvalue weighted by Crippen LogP contribution is 2.25. The van der Waals surface area contributed by atoms with Crippen LogP contribution in [0.1, 0.15) is 25.5 Å². The highest BCUT2D eigenvalue weighted by molar-refractivity contribution is 5.89. The Kier molecular flexibility index (Phi) is 5.56. The molecule has 5 heteroatoms. The van der Waals surface area contributed by atoms with E-state index < -0.39 is 0 Å². The number of likely N-dealkylation sites (N-methyl/N-ethyl adjacent to an activating group) is 1. The number of rotatable bonds is 7. The first-order valence-electron chi connectivity index (χ1n) is 8.66. The quantitative estimate of drug-likeness (QED) is 0.699. The van der Waals surface area contributed by atoms with E-state index in [2.05, 4.69) is 46.2 Å². The average molecular weight is 338 g/mol. The van der Waals surface area contributed by atoms with Crippen LogP contribution in [-0.2, 0) is 0 Å². The van der Waals surface area contributed by atoms with E-state index in [1.54, 1.807) is 12.1 Å². The third-order valence-corrected chi connectivity index (χ3v) is 4.51. The van der Waals surface area contributed by atoms with Gasteiger partial charge in [0, 0.05) is 6.54 Å². The normalized spacial score (nSPS) is 12.5. The van der Waals surface area contributed by atoms with Crippen molar-refractivity contribution >= 4 is 16.7 Å². The van der Waals surface area contributed by atoms with Gasteiger partial charge in [-0.25, -0.2) is 14.4 Å². The lowest BCUT2D eigenvalue weighted by Gasteiger charge is -2.30. The second kappa shape index (κ2) is 8.03. The van der Waals surface area contributed by atoms with Gasteiger partial charge in [-0.05, 0) is 30.8 Å². The van der Waals surface area contributed by atoms with Crippen LogP contribution in [0.25, 0.3) is 10.9 Å². The van der Waals surface area contributed by atoms with Crippen molar-refractivity contribution in [1.82, 2.24) is 14.9 Å². The molecule has 0 aliphatic carbocycles. The van der Waals surface area contributed by atoms with Gasteiger partial charge in [0.2, 0.25) is 0 Å². The Bertz CT molecular complexity index is 813. The van der Waals surface area contributed by atoms with Gasteiger partial charge < -0.3 is 5.32 Å². The first-order valence-corrected chi connectivity index (χ1v) is 8.66. The van der Waals surface area contributed by atoms with Crippen molar-refractivity contribution < 1.29 is 4.39 Å². The first-order chi connectivity index (χ1) is 12.2. The summed E-state index contributed by atoms with van der Waals surface area (Å²) >= 11 is 0. The Hall–Kier alpha value is -2.53. The van der Waals surface area contributed by atoms with Crippen molar-refractivity contribution in [2.24, 2.45) is 0 Å². The molecular weight excluding hydrogens is 315 g/mol. The van der Waals surface area contributed by atoms with E-state index in [1.807, 2.05) is 18.2 Å². The van der Waals surface area contributed by atoms with E-state index in [0.29, 0.717) is 23.3 Å².